The summed E-state index contributed by atoms with van der Waals surface area (Å²) in [7, 11) is -3.81. The molecule has 5 nitrogen and oxygen atoms in total. The largest absolute Gasteiger partial charge is 0.324 e. The van der Waals surface area contributed by atoms with Crippen molar-refractivity contribution in [2.45, 2.75) is 13.8 Å². The highest BCUT2D eigenvalue weighted by molar-refractivity contribution is 7.92. The lowest BCUT2D eigenvalue weighted by atomic mass is 10.1. The van der Waals surface area contributed by atoms with Gasteiger partial charge in [0.15, 0.2) is 0 Å². The molecule has 0 radical (unpaired) electrons. The third-order valence-corrected chi connectivity index (χ3v) is 4.44. The molecular formula is C17H19FN2O3S. The summed E-state index contributed by atoms with van der Waals surface area (Å²) in [5.74, 6) is -1.25. The zero-order valence-corrected chi connectivity index (χ0v) is 14.5. The lowest BCUT2D eigenvalue weighted by Gasteiger charge is -2.22. The number of amides is 1. The van der Waals surface area contributed by atoms with Crippen LogP contribution < -0.4 is 9.62 Å². The Morgan fingerprint density at radius 1 is 1.12 bits per heavy atom. The van der Waals surface area contributed by atoms with E-state index in [2.05, 4.69) is 5.32 Å². The Morgan fingerprint density at radius 2 is 1.71 bits per heavy atom. The number of hydrogen-bond acceptors (Lipinski definition) is 3. The van der Waals surface area contributed by atoms with Crippen LogP contribution in [0.15, 0.2) is 42.5 Å². The van der Waals surface area contributed by atoms with Gasteiger partial charge in [0.1, 0.15) is 12.4 Å². The molecule has 0 fully saturated rings. The molecule has 24 heavy (non-hydrogen) atoms. The number of nitrogens with zero attached hydrogens (tertiary/aromatic N) is 1. The summed E-state index contributed by atoms with van der Waals surface area (Å²) in [6.07, 6.45) is 0.934. The number of carbonyl (C=O) groups excluding carboxylic acids is 1. The van der Waals surface area contributed by atoms with Crippen molar-refractivity contribution < 1.29 is 17.6 Å². The lowest BCUT2D eigenvalue weighted by molar-refractivity contribution is -0.114. The minimum Gasteiger partial charge on any atom is -0.324 e. The number of carbonyl (C=O) groups is 1. The van der Waals surface area contributed by atoms with Crippen molar-refractivity contribution in [2.75, 3.05) is 22.4 Å². The second kappa shape index (κ2) is 7.00. The zero-order valence-electron chi connectivity index (χ0n) is 13.7. The fourth-order valence-corrected chi connectivity index (χ4v) is 3.27. The number of para-hydroxylation sites is 1. The predicted molar refractivity (Wildman–Crippen MR) is 93.1 cm³/mol. The molecule has 1 amide bonds. The van der Waals surface area contributed by atoms with E-state index in [1.54, 1.807) is 12.1 Å². The van der Waals surface area contributed by atoms with Crippen LogP contribution in [0.3, 0.4) is 0 Å². The highest BCUT2D eigenvalue weighted by atomic mass is 32.2. The van der Waals surface area contributed by atoms with Gasteiger partial charge in [-0.05, 0) is 49.2 Å². The molecule has 0 spiro atoms. The molecule has 0 aliphatic carbocycles. The second-order valence-corrected chi connectivity index (χ2v) is 7.55. The third kappa shape index (κ3) is 4.55. The lowest BCUT2D eigenvalue weighted by Crippen LogP contribution is -2.38. The Labute approximate surface area is 141 Å². The molecule has 128 valence electrons. The molecule has 2 aromatic carbocycles. The molecular weight excluding hydrogens is 331 g/mol. The average molecular weight is 350 g/mol. The Bertz CT molecular complexity index is 846. The van der Waals surface area contributed by atoms with Gasteiger partial charge in [0, 0.05) is 5.69 Å². The van der Waals surface area contributed by atoms with Gasteiger partial charge < -0.3 is 5.32 Å². The standard InChI is InChI=1S/C17H19FN2O3S/c1-12-8-13(2)10-14(9-12)19-17(21)11-20(24(3,22)23)16-7-5-4-6-15(16)18/h4-10H,11H2,1-3H3,(H,19,21). The van der Waals surface area contributed by atoms with Gasteiger partial charge in [-0.3, -0.25) is 9.10 Å². The van der Waals surface area contributed by atoms with Gasteiger partial charge in [-0.1, -0.05) is 18.2 Å². The zero-order chi connectivity index (χ0) is 17.9. The second-order valence-electron chi connectivity index (χ2n) is 5.65. The Hall–Kier alpha value is -2.41. The maximum Gasteiger partial charge on any atom is 0.245 e. The number of nitrogens with one attached hydrogen (secondary N) is 1. The summed E-state index contributed by atoms with van der Waals surface area (Å²) in [5.41, 5.74) is 2.36. The van der Waals surface area contributed by atoms with E-state index in [-0.39, 0.29) is 5.69 Å². The number of hydrogen-bond donors (Lipinski definition) is 1. The molecule has 0 aromatic heterocycles. The maximum atomic E-state index is 13.9. The Morgan fingerprint density at radius 3 is 2.25 bits per heavy atom. The van der Waals surface area contributed by atoms with E-state index in [4.69, 9.17) is 0 Å². The van der Waals surface area contributed by atoms with Crippen LogP contribution in [0.25, 0.3) is 0 Å². The molecule has 0 aliphatic heterocycles. The van der Waals surface area contributed by atoms with Gasteiger partial charge in [0.05, 0.1) is 11.9 Å². The number of aryl methyl sites for hydroxylation is 2. The molecule has 0 bridgehead atoms. The quantitative estimate of drug-likeness (QED) is 0.902. The van der Waals surface area contributed by atoms with Crippen molar-refractivity contribution in [3.8, 4) is 0 Å². The molecule has 0 aliphatic rings. The smallest absolute Gasteiger partial charge is 0.245 e. The Kier molecular flexibility index (Phi) is 5.23. The Balaban J connectivity index is 2.24. The van der Waals surface area contributed by atoms with Crippen LogP contribution in [-0.4, -0.2) is 27.1 Å². The summed E-state index contributed by atoms with van der Waals surface area (Å²) < 4.78 is 38.6. The van der Waals surface area contributed by atoms with Crippen LogP contribution >= 0.6 is 0 Å². The molecule has 0 saturated carbocycles. The number of benzene rings is 2. The van der Waals surface area contributed by atoms with Crippen molar-refractivity contribution in [1.29, 1.82) is 0 Å². The minimum absolute atomic E-state index is 0.157. The first-order valence-electron chi connectivity index (χ1n) is 7.27. The van der Waals surface area contributed by atoms with Gasteiger partial charge in [-0.25, -0.2) is 12.8 Å². The van der Waals surface area contributed by atoms with E-state index in [1.165, 1.54) is 18.2 Å². The van der Waals surface area contributed by atoms with Crippen LogP contribution in [0.2, 0.25) is 0 Å². The van der Waals surface area contributed by atoms with E-state index in [0.717, 1.165) is 27.8 Å². The summed E-state index contributed by atoms with van der Waals surface area (Å²) >= 11 is 0. The first-order chi connectivity index (χ1) is 11.2. The number of halogens is 1. The van der Waals surface area contributed by atoms with Gasteiger partial charge in [0.2, 0.25) is 15.9 Å². The number of sulfonamides is 1. The van der Waals surface area contributed by atoms with Crippen molar-refractivity contribution in [3.63, 3.8) is 0 Å². The van der Waals surface area contributed by atoms with E-state index in [0.29, 0.717) is 5.69 Å². The van der Waals surface area contributed by atoms with Crippen LogP contribution in [-0.2, 0) is 14.8 Å². The van der Waals surface area contributed by atoms with Crippen LogP contribution in [0.5, 0.6) is 0 Å². The average Bonchev–Trinajstić information content (AvgIpc) is 2.43. The normalized spacial score (nSPS) is 11.2. The summed E-state index contributed by atoms with van der Waals surface area (Å²) in [5, 5.41) is 2.65. The molecule has 2 rings (SSSR count). The van der Waals surface area contributed by atoms with Crippen molar-refractivity contribution in [3.05, 3.63) is 59.4 Å². The van der Waals surface area contributed by atoms with Crippen LogP contribution in [0.1, 0.15) is 11.1 Å². The first kappa shape index (κ1) is 17.9. The maximum absolute atomic E-state index is 13.9. The number of anilines is 2. The highest BCUT2D eigenvalue weighted by Crippen LogP contribution is 2.21. The van der Waals surface area contributed by atoms with Crippen molar-refractivity contribution >= 4 is 27.3 Å². The van der Waals surface area contributed by atoms with Crippen LogP contribution in [0.4, 0.5) is 15.8 Å². The van der Waals surface area contributed by atoms with Gasteiger partial charge in [0.25, 0.3) is 0 Å². The first-order valence-corrected chi connectivity index (χ1v) is 9.12. The van der Waals surface area contributed by atoms with E-state index >= 15 is 0 Å². The van der Waals surface area contributed by atoms with Crippen molar-refractivity contribution in [2.24, 2.45) is 0 Å². The molecule has 0 atom stereocenters. The van der Waals surface area contributed by atoms with Gasteiger partial charge in [-0.2, -0.15) is 0 Å². The third-order valence-electron chi connectivity index (χ3n) is 3.31. The highest BCUT2D eigenvalue weighted by Gasteiger charge is 2.23. The van der Waals surface area contributed by atoms with E-state index in [9.17, 15) is 17.6 Å². The molecule has 2 aromatic rings. The minimum atomic E-state index is -3.81. The fraction of sp³-hybridized carbons (Fsp3) is 0.235. The van der Waals surface area contributed by atoms with Crippen molar-refractivity contribution in [1.82, 2.24) is 0 Å². The molecule has 0 heterocycles. The van der Waals surface area contributed by atoms with E-state index < -0.39 is 28.3 Å². The summed E-state index contributed by atoms with van der Waals surface area (Å²) in [4.78, 5) is 12.2. The monoisotopic (exact) mass is 350 g/mol. The molecule has 1 N–H and O–H groups in total. The van der Waals surface area contributed by atoms with Gasteiger partial charge in [-0.15, -0.1) is 0 Å². The fourth-order valence-electron chi connectivity index (χ4n) is 2.41. The SMILES string of the molecule is Cc1cc(C)cc(NC(=O)CN(c2ccccc2F)S(C)(=O)=O)c1. The van der Waals surface area contributed by atoms with Gasteiger partial charge >= 0.3 is 0 Å². The summed E-state index contributed by atoms with van der Waals surface area (Å²) in [6.45, 7) is 3.28. The summed E-state index contributed by atoms with van der Waals surface area (Å²) in [6, 6.07) is 10.9. The molecule has 0 unspecified atom stereocenters. The molecule has 7 heteroatoms. The number of rotatable bonds is 5. The topological polar surface area (TPSA) is 66.5 Å². The predicted octanol–water partition coefficient (Wildman–Crippen LogP) is 2.85. The van der Waals surface area contributed by atoms with Crippen LogP contribution in [0, 0.1) is 19.7 Å². The molecule has 0 saturated heterocycles. The van der Waals surface area contributed by atoms with E-state index in [1.807, 2.05) is 19.9 Å².